The third kappa shape index (κ3) is 6.65. The van der Waals surface area contributed by atoms with Crippen LogP contribution in [0.5, 0.6) is 0 Å². The zero-order chi connectivity index (χ0) is 24.9. The van der Waals surface area contributed by atoms with E-state index in [1.165, 1.54) is 27.9 Å². The van der Waals surface area contributed by atoms with Crippen molar-refractivity contribution in [2.24, 2.45) is 5.92 Å². The summed E-state index contributed by atoms with van der Waals surface area (Å²) in [7, 11) is 0. The summed E-state index contributed by atoms with van der Waals surface area (Å²) in [6.45, 7) is 7.37. The number of likely N-dealkylation sites (tertiary alicyclic amines) is 1. The monoisotopic (exact) mass is 600 g/mol. The molecule has 0 unspecified atom stereocenters. The predicted molar refractivity (Wildman–Crippen MR) is 158 cm³/mol. The highest BCUT2D eigenvalue weighted by Gasteiger charge is 2.43. The first-order chi connectivity index (χ1) is 16.8. The Kier molecular flexibility index (Phi) is 8.54. The van der Waals surface area contributed by atoms with Crippen LogP contribution in [0.1, 0.15) is 45.6 Å². The van der Waals surface area contributed by atoms with E-state index >= 15 is 0 Å². The molecule has 0 radical (unpaired) electrons. The van der Waals surface area contributed by atoms with Crippen LogP contribution in [0.25, 0.3) is 0 Å². The van der Waals surface area contributed by atoms with Crippen LogP contribution >= 0.6 is 26.9 Å². The highest BCUT2D eigenvalue weighted by Crippen LogP contribution is 2.63. The lowest BCUT2D eigenvalue weighted by Gasteiger charge is -2.33. The maximum atomic E-state index is 12.3. The molecule has 1 amide bonds. The van der Waals surface area contributed by atoms with E-state index in [1.54, 1.807) is 0 Å². The van der Waals surface area contributed by atoms with E-state index in [-0.39, 0.29) is 6.09 Å². The fourth-order valence-electron chi connectivity index (χ4n) is 4.68. The Morgan fingerprint density at radius 3 is 1.83 bits per heavy atom. The van der Waals surface area contributed by atoms with Crippen molar-refractivity contribution in [3.05, 3.63) is 90.5 Å². The first-order valence-corrected chi connectivity index (χ1v) is 17.1. The van der Waals surface area contributed by atoms with Gasteiger partial charge in [-0.3, -0.25) is 0 Å². The number of amides is 1. The van der Waals surface area contributed by atoms with Crippen molar-refractivity contribution in [3.8, 4) is 0 Å². The average molecular weight is 601 g/mol. The van der Waals surface area contributed by atoms with Gasteiger partial charge in [0.25, 0.3) is 0 Å². The van der Waals surface area contributed by atoms with E-state index in [2.05, 4.69) is 107 Å². The van der Waals surface area contributed by atoms with E-state index in [1.807, 2.05) is 25.7 Å². The largest absolute Gasteiger partial charge is 0.444 e. The first kappa shape index (κ1) is 26.2. The third-order valence-electron chi connectivity index (χ3n) is 6.62. The van der Waals surface area contributed by atoms with Gasteiger partial charge in [-0.05, 0) is 94.3 Å². The third-order valence-corrected chi connectivity index (χ3v) is 14.7. The van der Waals surface area contributed by atoms with Gasteiger partial charge in [0.15, 0.2) is 26.9 Å². The van der Waals surface area contributed by atoms with Gasteiger partial charge in [0.2, 0.25) is 0 Å². The van der Waals surface area contributed by atoms with Crippen molar-refractivity contribution < 1.29 is 9.53 Å². The highest BCUT2D eigenvalue weighted by molar-refractivity contribution is 14.2. The zero-order valence-electron chi connectivity index (χ0n) is 21.0. The molecule has 1 aliphatic rings. The van der Waals surface area contributed by atoms with Crippen molar-refractivity contribution in [2.45, 2.75) is 52.1 Å². The molecule has 1 heterocycles. The van der Waals surface area contributed by atoms with Crippen LogP contribution < -0.4 is 15.9 Å². The Labute approximate surface area is 224 Å². The van der Waals surface area contributed by atoms with Crippen LogP contribution in [0.2, 0.25) is 0 Å². The lowest BCUT2D eigenvalue weighted by molar-refractivity contribution is 0.0181. The summed E-state index contributed by atoms with van der Waals surface area (Å²) in [5.41, 5.74) is 0.964. The molecule has 4 rings (SSSR count). The standard InChI is InChI=1S/C30H36INO2P/c1-30(2,3)34-29(33)32-22-20-25(21-23-32)15-14-24-16-18-28(19-17-24)35(31,26-10-6-4-7-11-26)27-12-8-5-9-13-27/h4-13,16-19,25H,14-15,20-23H2,1-3H3/q+1. The topological polar surface area (TPSA) is 29.5 Å². The van der Waals surface area contributed by atoms with E-state index in [0.717, 1.165) is 32.4 Å². The summed E-state index contributed by atoms with van der Waals surface area (Å²) in [4.78, 5) is 12.5. The molecule has 0 atom stereocenters. The fraction of sp³-hybridized carbons (Fsp3) is 0.367. The van der Waals surface area contributed by atoms with Gasteiger partial charge in [0, 0.05) is 13.1 Å². The van der Waals surface area contributed by atoms with Crippen molar-refractivity contribution in [3.63, 3.8) is 0 Å². The SMILES string of the molecule is CC(C)(C)OC(=O)N1CCC(CCc2ccc([P+](I)(c3ccccc3)c3ccccc3)cc2)CC1. The van der Waals surface area contributed by atoms with E-state index in [4.69, 9.17) is 4.74 Å². The van der Waals surface area contributed by atoms with Gasteiger partial charge in [0.1, 0.15) is 21.5 Å². The van der Waals surface area contributed by atoms with Gasteiger partial charge in [-0.15, -0.1) is 0 Å². The molecular weight excluding hydrogens is 564 g/mol. The maximum absolute atomic E-state index is 12.3. The molecule has 1 fully saturated rings. The number of piperidine rings is 1. The van der Waals surface area contributed by atoms with Crippen molar-refractivity contribution >= 4 is 49.0 Å². The Morgan fingerprint density at radius 2 is 1.34 bits per heavy atom. The number of halogens is 1. The number of carbonyl (C=O) groups is 1. The number of hydrogen-bond acceptors (Lipinski definition) is 2. The van der Waals surface area contributed by atoms with Crippen LogP contribution in [0.15, 0.2) is 84.9 Å². The lowest BCUT2D eigenvalue weighted by Crippen LogP contribution is -2.41. The van der Waals surface area contributed by atoms with E-state index < -0.39 is 10.5 Å². The summed E-state index contributed by atoms with van der Waals surface area (Å²) in [5.74, 6) is 0.665. The summed E-state index contributed by atoms with van der Waals surface area (Å²) in [6.07, 6.45) is 4.20. The maximum Gasteiger partial charge on any atom is 0.410 e. The van der Waals surface area contributed by atoms with Crippen LogP contribution in [0.4, 0.5) is 4.79 Å². The van der Waals surface area contributed by atoms with Gasteiger partial charge in [0.05, 0.1) is 0 Å². The number of rotatable bonds is 6. The van der Waals surface area contributed by atoms with Gasteiger partial charge in [-0.25, -0.2) is 4.79 Å². The Hall–Kier alpha value is -1.91. The minimum absolute atomic E-state index is 0.172. The number of benzene rings is 3. The minimum Gasteiger partial charge on any atom is -0.444 e. The Bertz CT molecular complexity index is 1050. The molecule has 0 bridgehead atoms. The summed E-state index contributed by atoms with van der Waals surface area (Å²) in [5, 5.41) is 4.21. The number of carbonyl (C=O) groups excluding carboxylic acids is 1. The highest BCUT2D eigenvalue weighted by atomic mass is 127. The molecule has 0 aliphatic carbocycles. The summed E-state index contributed by atoms with van der Waals surface area (Å²) < 4.78 is 5.53. The molecule has 5 heteroatoms. The van der Waals surface area contributed by atoms with E-state index in [9.17, 15) is 4.79 Å². The van der Waals surface area contributed by atoms with Crippen LogP contribution in [0, 0.1) is 5.92 Å². The van der Waals surface area contributed by atoms with Crippen molar-refractivity contribution in [1.29, 1.82) is 0 Å². The molecule has 184 valence electrons. The molecule has 3 aromatic rings. The van der Waals surface area contributed by atoms with Crippen LogP contribution in [0.3, 0.4) is 0 Å². The van der Waals surface area contributed by atoms with Crippen molar-refractivity contribution in [1.82, 2.24) is 4.90 Å². The number of aryl methyl sites for hydroxylation is 1. The van der Waals surface area contributed by atoms with Crippen LogP contribution in [-0.4, -0.2) is 29.7 Å². The van der Waals surface area contributed by atoms with Crippen molar-refractivity contribution in [2.75, 3.05) is 13.1 Å². The molecule has 0 spiro atoms. The number of nitrogens with zero attached hydrogens (tertiary/aromatic N) is 1. The number of hydrogen-bond donors (Lipinski definition) is 0. The average Bonchev–Trinajstić information content (AvgIpc) is 2.87. The quantitative estimate of drug-likeness (QED) is 0.228. The molecule has 1 aliphatic heterocycles. The summed E-state index contributed by atoms with van der Waals surface area (Å²) >= 11 is 2.72. The van der Waals surface area contributed by atoms with Crippen LogP contribution in [-0.2, 0) is 11.2 Å². The molecule has 0 aromatic heterocycles. The Balaban J connectivity index is 1.39. The molecule has 3 aromatic carbocycles. The normalized spacial score (nSPS) is 15.1. The van der Waals surface area contributed by atoms with E-state index in [0.29, 0.717) is 5.92 Å². The molecule has 1 saturated heterocycles. The minimum atomic E-state index is -1.70. The van der Waals surface area contributed by atoms with Gasteiger partial charge >= 0.3 is 6.09 Å². The first-order valence-electron chi connectivity index (χ1n) is 12.5. The lowest BCUT2D eigenvalue weighted by atomic mass is 9.91. The molecule has 3 nitrogen and oxygen atoms in total. The summed E-state index contributed by atoms with van der Waals surface area (Å²) in [6, 6.07) is 31.2. The van der Waals surface area contributed by atoms with Gasteiger partial charge < -0.3 is 9.64 Å². The molecule has 35 heavy (non-hydrogen) atoms. The molecule has 0 N–H and O–H groups in total. The molecule has 0 saturated carbocycles. The van der Waals surface area contributed by atoms with Gasteiger partial charge in [-0.1, -0.05) is 48.5 Å². The second-order valence-corrected chi connectivity index (χ2v) is 17.4. The Morgan fingerprint density at radius 1 is 0.857 bits per heavy atom. The second-order valence-electron chi connectivity index (χ2n) is 10.4. The zero-order valence-corrected chi connectivity index (χ0v) is 24.0. The molecular formula is C30H36INO2P+. The number of ether oxygens (including phenoxy) is 1. The van der Waals surface area contributed by atoms with Gasteiger partial charge in [-0.2, -0.15) is 0 Å². The predicted octanol–water partition coefficient (Wildman–Crippen LogP) is 6.91. The smallest absolute Gasteiger partial charge is 0.410 e. The second kappa shape index (κ2) is 11.4. The fourth-order valence-corrected chi connectivity index (χ4v) is 10.2.